The van der Waals surface area contributed by atoms with Crippen molar-refractivity contribution in [3.63, 3.8) is 0 Å². The van der Waals surface area contributed by atoms with Gasteiger partial charge in [-0.05, 0) is 92.6 Å². The van der Waals surface area contributed by atoms with Gasteiger partial charge in [0.15, 0.2) is 5.11 Å². The van der Waals surface area contributed by atoms with E-state index in [4.69, 9.17) is 12.2 Å². The highest BCUT2D eigenvalue weighted by molar-refractivity contribution is 7.80. The van der Waals surface area contributed by atoms with Gasteiger partial charge in [-0.15, -0.1) is 0 Å². The highest BCUT2D eigenvalue weighted by Crippen LogP contribution is 2.41. The Morgan fingerprint density at radius 2 is 1.75 bits per heavy atom. The SMILES string of the molecule is Cc1ccccc1NC(=O)CCN1C(=S)N[C@H](c2ccccn2)[C@H]1c1cc(C)n(-c2ccc(N(C)C)cc2)c1C. The molecule has 0 unspecified atom stereocenters. The number of hydrogen-bond acceptors (Lipinski definition) is 4. The van der Waals surface area contributed by atoms with Crippen LogP contribution in [0.1, 0.15) is 46.7 Å². The van der Waals surface area contributed by atoms with E-state index < -0.39 is 0 Å². The molecule has 1 amide bonds. The Balaban J connectivity index is 1.47. The molecule has 5 rings (SSSR count). The number of nitrogens with one attached hydrogen (secondary N) is 2. The van der Waals surface area contributed by atoms with E-state index in [9.17, 15) is 4.79 Å². The van der Waals surface area contributed by atoms with Crippen LogP contribution in [0, 0.1) is 20.8 Å². The molecule has 4 aromatic rings. The van der Waals surface area contributed by atoms with Crippen LogP contribution in [0.25, 0.3) is 5.69 Å². The number of carbonyl (C=O) groups excluding carboxylic acids is 1. The average Bonchev–Trinajstić information content (AvgIpc) is 3.43. The molecule has 3 heterocycles. The summed E-state index contributed by atoms with van der Waals surface area (Å²) in [6.45, 7) is 6.76. The molecule has 7 nitrogen and oxygen atoms in total. The molecule has 2 aromatic carbocycles. The van der Waals surface area contributed by atoms with E-state index in [0.29, 0.717) is 18.1 Å². The van der Waals surface area contributed by atoms with Gasteiger partial charge in [-0.25, -0.2) is 0 Å². The molecule has 206 valence electrons. The first-order valence-electron chi connectivity index (χ1n) is 13.5. The van der Waals surface area contributed by atoms with Gasteiger partial charge >= 0.3 is 0 Å². The van der Waals surface area contributed by atoms with Gasteiger partial charge in [-0.2, -0.15) is 0 Å². The largest absolute Gasteiger partial charge is 0.378 e. The number of pyridine rings is 1. The van der Waals surface area contributed by atoms with E-state index in [-0.39, 0.29) is 18.0 Å². The molecule has 1 aliphatic heterocycles. The van der Waals surface area contributed by atoms with Crippen molar-refractivity contribution in [1.82, 2.24) is 19.8 Å². The van der Waals surface area contributed by atoms with Gasteiger partial charge in [-0.1, -0.05) is 24.3 Å². The Kier molecular flexibility index (Phi) is 7.89. The molecule has 0 spiro atoms. The summed E-state index contributed by atoms with van der Waals surface area (Å²) in [7, 11) is 4.09. The number of anilines is 2. The molecule has 0 radical (unpaired) electrons. The average molecular weight is 553 g/mol. The number of hydrogen-bond donors (Lipinski definition) is 2. The predicted molar refractivity (Wildman–Crippen MR) is 166 cm³/mol. The Labute approximate surface area is 241 Å². The standard InChI is InChI=1S/C32H36N6OS/c1-21-10-6-7-11-27(21)34-29(39)17-19-37-31(30(35-32(37)40)28-12-8-9-18-33-28)26-20-22(2)38(23(26)3)25-15-13-24(14-16-25)36(4)5/h6-16,18,20,30-31H,17,19H2,1-5H3,(H,34,39)(H,35,40)/t30-,31-/m1/s1. The zero-order chi connectivity index (χ0) is 28.4. The minimum atomic E-state index is -0.141. The third-order valence-corrected chi connectivity index (χ3v) is 7.96. The normalized spacial score (nSPS) is 16.6. The Morgan fingerprint density at radius 3 is 2.42 bits per heavy atom. The summed E-state index contributed by atoms with van der Waals surface area (Å²) in [5, 5.41) is 7.20. The molecule has 1 aliphatic rings. The lowest BCUT2D eigenvalue weighted by atomic mass is 9.96. The minimum absolute atomic E-state index is 0.0383. The van der Waals surface area contributed by atoms with Crippen LogP contribution >= 0.6 is 12.2 Å². The number of amides is 1. The monoisotopic (exact) mass is 552 g/mol. The molecule has 0 bridgehead atoms. The Bertz CT molecular complexity index is 1510. The van der Waals surface area contributed by atoms with Crippen LogP contribution in [0.3, 0.4) is 0 Å². The fourth-order valence-electron chi connectivity index (χ4n) is 5.52. The molecule has 40 heavy (non-hydrogen) atoms. The fourth-order valence-corrected chi connectivity index (χ4v) is 5.85. The van der Waals surface area contributed by atoms with Crippen LogP contribution in [0.2, 0.25) is 0 Å². The highest BCUT2D eigenvalue weighted by Gasteiger charge is 2.41. The lowest BCUT2D eigenvalue weighted by Crippen LogP contribution is -2.33. The number of aromatic nitrogens is 2. The molecule has 0 aliphatic carbocycles. The Hall–Kier alpha value is -4.17. The first kappa shape index (κ1) is 27.4. The van der Waals surface area contributed by atoms with Crippen LogP contribution in [0.4, 0.5) is 11.4 Å². The minimum Gasteiger partial charge on any atom is -0.378 e. The maximum absolute atomic E-state index is 13.0. The van der Waals surface area contributed by atoms with E-state index in [0.717, 1.165) is 45.3 Å². The van der Waals surface area contributed by atoms with Crippen LogP contribution in [0.15, 0.2) is 79.0 Å². The number of rotatable bonds is 8. The summed E-state index contributed by atoms with van der Waals surface area (Å²) >= 11 is 5.86. The molecular formula is C32H36N6OS. The van der Waals surface area contributed by atoms with E-state index in [1.807, 2.05) is 69.7 Å². The first-order valence-corrected chi connectivity index (χ1v) is 14.0. The number of carbonyl (C=O) groups is 1. The first-order chi connectivity index (χ1) is 19.2. The lowest BCUT2D eigenvalue weighted by molar-refractivity contribution is -0.116. The number of benzene rings is 2. The highest BCUT2D eigenvalue weighted by atomic mass is 32.1. The molecular weight excluding hydrogens is 516 g/mol. The van der Waals surface area contributed by atoms with Gasteiger partial charge < -0.3 is 25.0 Å². The summed E-state index contributed by atoms with van der Waals surface area (Å²) in [5.74, 6) is -0.0383. The van der Waals surface area contributed by atoms with Crippen LogP contribution < -0.4 is 15.5 Å². The van der Waals surface area contributed by atoms with Gasteiger partial charge in [0, 0.05) is 61.7 Å². The summed E-state index contributed by atoms with van der Waals surface area (Å²) in [5.41, 5.74) is 8.50. The van der Waals surface area contributed by atoms with Crippen LogP contribution in [-0.4, -0.2) is 46.1 Å². The second-order valence-corrected chi connectivity index (χ2v) is 10.9. The number of aryl methyl sites for hydroxylation is 2. The molecule has 8 heteroatoms. The van der Waals surface area contributed by atoms with E-state index >= 15 is 0 Å². The topological polar surface area (TPSA) is 65.4 Å². The van der Waals surface area contributed by atoms with Crippen molar-refractivity contribution in [3.8, 4) is 5.69 Å². The van der Waals surface area contributed by atoms with Crippen molar-refractivity contribution in [3.05, 3.63) is 107 Å². The van der Waals surface area contributed by atoms with Crippen LogP contribution in [0.5, 0.6) is 0 Å². The van der Waals surface area contributed by atoms with Crippen molar-refractivity contribution in [2.24, 2.45) is 0 Å². The van der Waals surface area contributed by atoms with Crippen molar-refractivity contribution in [2.45, 2.75) is 39.3 Å². The van der Waals surface area contributed by atoms with Crippen molar-refractivity contribution in [2.75, 3.05) is 30.9 Å². The summed E-state index contributed by atoms with van der Waals surface area (Å²) in [4.78, 5) is 21.9. The fraction of sp³-hybridized carbons (Fsp3) is 0.281. The predicted octanol–water partition coefficient (Wildman–Crippen LogP) is 5.86. The van der Waals surface area contributed by atoms with Crippen LogP contribution in [-0.2, 0) is 4.79 Å². The summed E-state index contributed by atoms with van der Waals surface area (Å²) in [6, 6.07) is 24.3. The molecule has 1 fully saturated rings. The molecule has 2 N–H and O–H groups in total. The van der Waals surface area contributed by atoms with E-state index in [2.05, 4.69) is 74.2 Å². The second-order valence-electron chi connectivity index (χ2n) is 10.5. The van der Waals surface area contributed by atoms with Gasteiger partial charge in [0.25, 0.3) is 0 Å². The van der Waals surface area contributed by atoms with Gasteiger partial charge in [0.05, 0.1) is 17.8 Å². The maximum atomic E-state index is 13.0. The van der Waals surface area contributed by atoms with Crippen molar-refractivity contribution < 1.29 is 4.79 Å². The maximum Gasteiger partial charge on any atom is 0.226 e. The number of nitrogens with zero attached hydrogens (tertiary/aromatic N) is 4. The zero-order valence-electron chi connectivity index (χ0n) is 23.7. The third kappa shape index (κ3) is 5.45. The molecule has 1 saturated heterocycles. The van der Waals surface area contributed by atoms with Crippen molar-refractivity contribution >= 4 is 34.6 Å². The summed E-state index contributed by atoms with van der Waals surface area (Å²) in [6.07, 6.45) is 2.12. The Morgan fingerprint density at radius 1 is 1.02 bits per heavy atom. The number of para-hydroxylation sites is 1. The number of thiocarbonyl (C=S) groups is 1. The zero-order valence-corrected chi connectivity index (χ0v) is 24.5. The molecule has 0 saturated carbocycles. The summed E-state index contributed by atoms with van der Waals surface area (Å²) < 4.78 is 2.29. The molecule has 2 aromatic heterocycles. The van der Waals surface area contributed by atoms with E-state index in [1.165, 1.54) is 0 Å². The lowest BCUT2D eigenvalue weighted by Gasteiger charge is -2.28. The van der Waals surface area contributed by atoms with E-state index in [1.54, 1.807) is 0 Å². The van der Waals surface area contributed by atoms with Crippen molar-refractivity contribution in [1.29, 1.82) is 0 Å². The second kappa shape index (κ2) is 11.5. The third-order valence-electron chi connectivity index (χ3n) is 7.61. The smallest absolute Gasteiger partial charge is 0.226 e. The quantitative estimate of drug-likeness (QED) is 0.267. The van der Waals surface area contributed by atoms with Gasteiger partial charge in [0.2, 0.25) is 5.91 Å². The molecule has 2 atom stereocenters. The van der Waals surface area contributed by atoms with Gasteiger partial charge in [0.1, 0.15) is 0 Å². The van der Waals surface area contributed by atoms with Gasteiger partial charge in [-0.3, -0.25) is 9.78 Å².